The van der Waals surface area contributed by atoms with Gasteiger partial charge in [-0.05, 0) is 25.0 Å². The fraction of sp³-hybridized carbons (Fsp3) is 0.375. The summed E-state index contributed by atoms with van der Waals surface area (Å²) in [6.07, 6.45) is 2.73. The van der Waals surface area contributed by atoms with Crippen LogP contribution in [0.5, 0.6) is 5.75 Å². The Morgan fingerprint density at radius 1 is 1.19 bits per heavy atom. The van der Waals surface area contributed by atoms with Gasteiger partial charge in [0.15, 0.2) is 0 Å². The highest BCUT2D eigenvalue weighted by molar-refractivity contribution is 6.29. The van der Waals surface area contributed by atoms with Crippen molar-refractivity contribution < 1.29 is 4.74 Å². The zero-order valence-corrected chi connectivity index (χ0v) is 12.9. The number of rotatable bonds is 8. The number of halogens is 1. The maximum Gasteiger partial charge on any atom is 0.134 e. The van der Waals surface area contributed by atoms with Crippen LogP contribution < -0.4 is 10.1 Å². The van der Waals surface area contributed by atoms with Crippen LogP contribution >= 0.6 is 11.6 Å². The Bertz CT molecular complexity index is 548. The summed E-state index contributed by atoms with van der Waals surface area (Å²) in [5, 5.41) is 3.74. The molecule has 2 aromatic rings. The van der Waals surface area contributed by atoms with E-state index in [1.54, 1.807) is 6.07 Å². The Kier molecular flexibility index (Phi) is 6.28. The maximum absolute atomic E-state index is 5.99. The lowest BCUT2D eigenvalue weighted by Gasteiger charge is -2.09. The van der Waals surface area contributed by atoms with E-state index in [0.717, 1.165) is 43.2 Å². The van der Waals surface area contributed by atoms with Gasteiger partial charge in [-0.25, -0.2) is 9.97 Å². The standard InChI is InChI=1S/C16H20ClN3O/c1-2-7-15-19-14(17)12-16(20-15)18-10-6-11-21-13-8-4-3-5-9-13/h3-5,8-9,12H,2,6-7,10-11H2,1H3,(H,18,19,20). The lowest BCUT2D eigenvalue weighted by molar-refractivity contribution is 0.315. The molecular formula is C16H20ClN3O. The van der Waals surface area contributed by atoms with Gasteiger partial charge in [0.2, 0.25) is 0 Å². The van der Waals surface area contributed by atoms with Crippen LogP contribution in [0.2, 0.25) is 5.15 Å². The van der Waals surface area contributed by atoms with Crippen molar-refractivity contribution in [1.29, 1.82) is 0 Å². The van der Waals surface area contributed by atoms with Crippen molar-refractivity contribution in [2.45, 2.75) is 26.2 Å². The van der Waals surface area contributed by atoms with Crippen molar-refractivity contribution in [3.8, 4) is 5.75 Å². The molecular weight excluding hydrogens is 286 g/mol. The van der Waals surface area contributed by atoms with Gasteiger partial charge < -0.3 is 10.1 Å². The minimum absolute atomic E-state index is 0.483. The number of hydrogen-bond donors (Lipinski definition) is 1. The third kappa shape index (κ3) is 5.60. The lowest BCUT2D eigenvalue weighted by atomic mass is 10.3. The number of aromatic nitrogens is 2. The number of nitrogens with one attached hydrogen (secondary N) is 1. The van der Waals surface area contributed by atoms with Crippen molar-refractivity contribution in [3.05, 3.63) is 47.4 Å². The van der Waals surface area contributed by atoms with E-state index in [2.05, 4.69) is 22.2 Å². The molecule has 2 rings (SSSR count). The summed E-state index contributed by atoms with van der Waals surface area (Å²) >= 11 is 5.99. The molecule has 1 aromatic heterocycles. The Labute approximate surface area is 130 Å². The van der Waals surface area contributed by atoms with E-state index < -0.39 is 0 Å². The fourth-order valence-electron chi connectivity index (χ4n) is 1.89. The van der Waals surface area contributed by atoms with Crippen LogP contribution in [0, 0.1) is 0 Å². The normalized spacial score (nSPS) is 10.4. The molecule has 0 amide bonds. The quantitative estimate of drug-likeness (QED) is 0.592. The second kappa shape index (κ2) is 8.47. The van der Waals surface area contributed by atoms with Gasteiger partial charge in [-0.15, -0.1) is 0 Å². The number of hydrogen-bond acceptors (Lipinski definition) is 4. The molecule has 0 saturated heterocycles. The topological polar surface area (TPSA) is 47.0 Å². The first-order chi connectivity index (χ1) is 10.3. The zero-order chi connectivity index (χ0) is 14.9. The Morgan fingerprint density at radius 3 is 2.76 bits per heavy atom. The van der Waals surface area contributed by atoms with Crippen LogP contribution in [0.25, 0.3) is 0 Å². The minimum atomic E-state index is 0.483. The molecule has 21 heavy (non-hydrogen) atoms. The Hall–Kier alpha value is -1.81. The molecule has 112 valence electrons. The van der Waals surface area contributed by atoms with Gasteiger partial charge in [0.1, 0.15) is 22.5 Å². The van der Waals surface area contributed by atoms with Gasteiger partial charge in [0, 0.05) is 19.0 Å². The highest BCUT2D eigenvalue weighted by Gasteiger charge is 2.02. The summed E-state index contributed by atoms with van der Waals surface area (Å²) in [5.41, 5.74) is 0. The van der Waals surface area contributed by atoms with Crippen molar-refractivity contribution in [3.63, 3.8) is 0 Å². The molecule has 5 heteroatoms. The second-order valence-corrected chi connectivity index (χ2v) is 5.07. The number of benzene rings is 1. The molecule has 0 spiro atoms. The van der Waals surface area contributed by atoms with Crippen molar-refractivity contribution in [2.24, 2.45) is 0 Å². The first kappa shape index (κ1) is 15.6. The highest BCUT2D eigenvalue weighted by Crippen LogP contribution is 2.13. The minimum Gasteiger partial charge on any atom is -0.494 e. The zero-order valence-electron chi connectivity index (χ0n) is 12.2. The summed E-state index contributed by atoms with van der Waals surface area (Å²) < 4.78 is 5.63. The van der Waals surface area contributed by atoms with E-state index in [0.29, 0.717) is 11.8 Å². The molecule has 0 atom stereocenters. The molecule has 0 radical (unpaired) electrons. The SMILES string of the molecule is CCCc1nc(Cl)cc(NCCCOc2ccccc2)n1. The molecule has 1 heterocycles. The van der Waals surface area contributed by atoms with Crippen molar-refractivity contribution in [2.75, 3.05) is 18.5 Å². The maximum atomic E-state index is 5.99. The first-order valence-electron chi connectivity index (χ1n) is 7.23. The molecule has 0 aliphatic rings. The molecule has 0 saturated carbocycles. The molecule has 4 nitrogen and oxygen atoms in total. The smallest absolute Gasteiger partial charge is 0.134 e. The molecule has 0 fully saturated rings. The van der Waals surface area contributed by atoms with E-state index >= 15 is 0 Å². The monoisotopic (exact) mass is 305 g/mol. The van der Waals surface area contributed by atoms with Crippen molar-refractivity contribution >= 4 is 17.4 Å². The van der Waals surface area contributed by atoms with Crippen LogP contribution in [-0.4, -0.2) is 23.1 Å². The summed E-state index contributed by atoms with van der Waals surface area (Å²) in [6, 6.07) is 11.6. The summed E-state index contributed by atoms with van der Waals surface area (Å²) in [7, 11) is 0. The third-order valence-electron chi connectivity index (χ3n) is 2.85. The fourth-order valence-corrected chi connectivity index (χ4v) is 2.09. The first-order valence-corrected chi connectivity index (χ1v) is 7.61. The van der Waals surface area contributed by atoms with Gasteiger partial charge >= 0.3 is 0 Å². The predicted octanol–water partition coefficient (Wildman–Crippen LogP) is 3.96. The number of anilines is 1. The van der Waals surface area contributed by atoms with E-state index in [1.165, 1.54) is 0 Å². The van der Waals surface area contributed by atoms with Crippen LogP contribution in [0.1, 0.15) is 25.6 Å². The van der Waals surface area contributed by atoms with Gasteiger partial charge in [-0.2, -0.15) is 0 Å². The summed E-state index contributed by atoms with van der Waals surface area (Å²) in [4.78, 5) is 8.63. The number of aryl methyl sites for hydroxylation is 1. The van der Waals surface area contributed by atoms with Crippen LogP contribution in [0.3, 0.4) is 0 Å². The van der Waals surface area contributed by atoms with E-state index in [1.807, 2.05) is 30.3 Å². The van der Waals surface area contributed by atoms with Gasteiger partial charge in [-0.3, -0.25) is 0 Å². The van der Waals surface area contributed by atoms with E-state index in [9.17, 15) is 0 Å². The summed E-state index contributed by atoms with van der Waals surface area (Å²) in [5.74, 6) is 2.46. The number of ether oxygens (including phenoxy) is 1. The van der Waals surface area contributed by atoms with Gasteiger partial charge in [0.25, 0.3) is 0 Å². The largest absolute Gasteiger partial charge is 0.494 e. The third-order valence-corrected chi connectivity index (χ3v) is 3.05. The number of para-hydroxylation sites is 1. The number of nitrogens with zero attached hydrogens (tertiary/aromatic N) is 2. The average Bonchev–Trinajstić information content (AvgIpc) is 2.48. The molecule has 0 bridgehead atoms. The molecule has 1 N–H and O–H groups in total. The van der Waals surface area contributed by atoms with Crippen molar-refractivity contribution in [1.82, 2.24) is 9.97 Å². The molecule has 1 aromatic carbocycles. The highest BCUT2D eigenvalue weighted by atomic mass is 35.5. The molecule has 0 aliphatic heterocycles. The van der Waals surface area contributed by atoms with Crippen LogP contribution in [0.15, 0.2) is 36.4 Å². The molecule has 0 unspecified atom stereocenters. The van der Waals surface area contributed by atoms with Crippen LogP contribution in [-0.2, 0) is 6.42 Å². The molecule has 0 aliphatic carbocycles. The Balaban J connectivity index is 1.73. The lowest BCUT2D eigenvalue weighted by Crippen LogP contribution is -2.09. The van der Waals surface area contributed by atoms with Gasteiger partial charge in [0.05, 0.1) is 6.61 Å². The van der Waals surface area contributed by atoms with Gasteiger partial charge in [-0.1, -0.05) is 36.7 Å². The predicted molar refractivity (Wildman–Crippen MR) is 86.1 cm³/mol. The van der Waals surface area contributed by atoms with Crippen LogP contribution in [0.4, 0.5) is 5.82 Å². The second-order valence-electron chi connectivity index (χ2n) is 4.68. The average molecular weight is 306 g/mol. The van der Waals surface area contributed by atoms with E-state index in [4.69, 9.17) is 16.3 Å². The van der Waals surface area contributed by atoms with E-state index in [-0.39, 0.29) is 0 Å². The summed E-state index contributed by atoms with van der Waals surface area (Å²) in [6.45, 7) is 3.54. The Morgan fingerprint density at radius 2 is 2.00 bits per heavy atom.